The van der Waals surface area contributed by atoms with Gasteiger partial charge in [-0.05, 0) is 27.9 Å². The van der Waals surface area contributed by atoms with Crippen LogP contribution in [0.1, 0.15) is 13.8 Å². The van der Waals surface area contributed by atoms with Gasteiger partial charge in [-0.25, -0.2) is 0 Å². The van der Waals surface area contributed by atoms with Gasteiger partial charge in [0.25, 0.3) is 0 Å². The fourth-order valence-corrected chi connectivity index (χ4v) is 3.49. The summed E-state index contributed by atoms with van der Waals surface area (Å²) in [5.41, 5.74) is 0. The van der Waals surface area contributed by atoms with Gasteiger partial charge in [-0.2, -0.15) is 0 Å². The third-order valence-electron chi connectivity index (χ3n) is 4.74. The SMILES string of the molecule is CC(C)[N+]12CC[N+](CN(C)C)(CC1)CC2.[Ru+2]. The van der Waals surface area contributed by atoms with E-state index in [0.717, 1.165) is 6.04 Å². The van der Waals surface area contributed by atoms with E-state index < -0.39 is 0 Å². The standard InChI is InChI=1S/C12H27N3.Ru/c1-12(2)15-8-5-14(6-9-15,7-10-15)11-13(3)4;/h12H,5-11H2,1-4H3;/q2*+2. The van der Waals surface area contributed by atoms with E-state index >= 15 is 0 Å². The molecule has 0 atom stereocenters. The number of hydrogen-bond acceptors (Lipinski definition) is 1. The van der Waals surface area contributed by atoms with Crippen molar-refractivity contribution in [1.29, 1.82) is 0 Å². The van der Waals surface area contributed by atoms with Crippen LogP contribution >= 0.6 is 0 Å². The van der Waals surface area contributed by atoms with E-state index in [4.69, 9.17) is 0 Å². The van der Waals surface area contributed by atoms with Crippen LogP contribution in [-0.2, 0) is 19.5 Å². The Morgan fingerprint density at radius 3 is 1.69 bits per heavy atom. The van der Waals surface area contributed by atoms with Gasteiger partial charge in [-0.1, -0.05) is 0 Å². The molecule has 0 saturated carbocycles. The molecule has 0 aromatic rings. The molecule has 3 aliphatic rings. The first-order valence-electron chi connectivity index (χ1n) is 6.34. The summed E-state index contributed by atoms with van der Waals surface area (Å²) in [5.74, 6) is 0. The molecular formula is C12H27N3Ru+4. The summed E-state index contributed by atoms with van der Waals surface area (Å²) < 4.78 is 2.76. The zero-order valence-corrected chi connectivity index (χ0v) is 13.0. The molecular weight excluding hydrogens is 287 g/mol. The van der Waals surface area contributed by atoms with Crippen LogP contribution in [0.2, 0.25) is 0 Å². The van der Waals surface area contributed by atoms with Crippen LogP contribution < -0.4 is 0 Å². The van der Waals surface area contributed by atoms with E-state index in [2.05, 4.69) is 32.8 Å². The van der Waals surface area contributed by atoms with Crippen molar-refractivity contribution in [2.24, 2.45) is 0 Å². The molecule has 0 unspecified atom stereocenters. The van der Waals surface area contributed by atoms with Crippen molar-refractivity contribution in [3.05, 3.63) is 0 Å². The monoisotopic (exact) mass is 315 g/mol. The summed E-state index contributed by atoms with van der Waals surface area (Å²) in [4.78, 5) is 2.36. The Bertz CT molecular complexity index is 216. The second-order valence-electron chi connectivity index (χ2n) is 6.22. The Balaban J connectivity index is 0.00000128. The normalized spacial score (nSPS) is 37.9. The fraction of sp³-hybridized carbons (Fsp3) is 1.00. The zero-order valence-electron chi connectivity index (χ0n) is 11.2. The molecule has 3 aliphatic heterocycles. The second-order valence-corrected chi connectivity index (χ2v) is 6.22. The summed E-state index contributed by atoms with van der Waals surface area (Å²) in [5, 5.41) is 0. The largest absolute Gasteiger partial charge is 2.00 e. The van der Waals surface area contributed by atoms with Crippen LogP contribution in [0.4, 0.5) is 0 Å². The molecule has 3 heterocycles. The van der Waals surface area contributed by atoms with Crippen LogP contribution in [0.25, 0.3) is 0 Å². The average molecular weight is 314 g/mol. The molecule has 4 heteroatoms. The van der Waals surface area contributed by atoms with Gasteiger partial charge in [0.05, 0.1) is 6.04 Å². The van der Waals surface area contributed by atoms with Crippen LogP contribution in [0.15, 0.2) is 0 Å². The molecule has 16 heavy (non-hydrogen) atoms. The summed E-state index contributed by atoms with van der Waals surface area (Å²) in [6.07, 6.45) is 0. The quantitative estimate of drug-likeness (QED) is 0.544. The maximum absolute atomic E-state index is 2.40. The predicted molar refractivity (Wildman–Crippen MR) is 63.4 cm³/mol. The van der Waals surface area contributed by atoms with E-state index in [9.17, 15) is 0 Å². The topological polar surface area (TPSA) is 3.24 Å². The van der Waals surface area contributed by atoms with Crippen molar-refractivity contribution < 1.29 is 28.4 Å². The average Bonchev–Trinajstić information content (AvgIpc) is 2.18. The fourth-order valence-electron chi connectivity index (χ4n) is 3.49. The van der Waals surface area contributed by atoms with E-state index in [1.807, 2.05) is 0 Å². The smallest absolute Gasteiger partial charge is 0.308 e. The Morgan fingerprint density at radius 2 is 1.38 bits per heavy atom. The molecule has 0 aromatic heterocycles. The number of nitrogens with zero attached hydrogens (tertiary/aromatic N) is 3. The van der Waals surface area contributed by atoms with Crippen molar-refractivity contribution >= 4 is 0 Å². The predicted octanol–water partition coefficient (Wildman–Crippen LogP) is 0.572. The Labute approximate surface area is 113 Å². The van der Waals surface area contributed by atoms with E-state index in [-0.39, 0.29) is 19.5 Å². The van der Waals surface area contributed by atoms with Gasteiger partial charge >= 0.3 is 19.5 Å². The third kappa shape index (κ3) is 2.50. The molecule has 0 aromatic carbocycles. The van der Waals surface area contributed by atoms with Crippen molar-refractivity contribution in [3.63, 3.8) is 0 Å². The van der Waals surface area contributed by atoms with Crippen LogP contribution in [0.3, 0.4) is 0 Å². The van der Waals surface area contributed by atoms with Crippen LogP contribution in [0.5, 0.6) is 0 Å². The van der Waals surface area contributed by atoms with Gasteiger partial charge in [0.1, 0.15) is 45.9 Å². The Hall–Kier alpha value is 0.503. The van der Waals surface area contributed by atoms with Gasteiger partial charge in [0.15, 0.2) is 0 Å². The number of fused-ring (bicyclic) bond motifs is 3. The summed E-state index contributed by atoms with van der Waals surface area (Å²) in [6.45, 7) is 14.5. The van der Waals surface area contributed by atoms with E-state index in [0.29, 0.717) is 0 Å². The molecule has 3 fully saturated rings. The Morgan fingerprint density at radius 1 is 0.938 bits per heavy atom. The summed E-state index contributed by atoms with van der Waals surface area (Å²) in [7, 11) is 4.42. The molecule has 0 radical (unpaired) electrons. The van der Waals surface area contributed by atoms with Crippen molar-refractivity contribution in [3.8, 4) is 0 Å². The minimum atomic E-state index is 0. The number of rotatable bonds is 3. The number of piperazine rings is 3. The van der Waals surface area contributed by atoms with Gasteiger partial charge in [-0.3, -0.25) is 9.38 Å². The first kappa shape index (κ1) is 14.6. The minimum absolute atomic E-state index is 0. The number of hydrogen-bond donors (Lipinski definition) is 0. The first-order valence-corrected chi connectivity index (χ1v) is 6.34. The van der Waals surface area contributed by atoms with Crippen molar-refractivity contribution in [2.45, 2.75) is 19.9 Å². The maximum atomic E-state index is 2.40. The van der Waals surface area contributed by atoms with E-state index in [1.54, 1.807) is 0 Å². The molecule has 94 valence electrons. The molecule has 0 N–H and O–H groups in total. The second kappa shape index (κ2) is 5.01. The van der Waals surface area contributed by atoms with Gasteiger partial charge in [-0.15, -0.1) is 0 Å². The molecule has 3 saturated heterocycles. The molecule has 0 amide bonds. The summed E-state index contributed by atoms with van der Waals surface area (Å²) in [6, 6.07) is 0.826. The minimum Gasteiger partial charge on any atom is -0.308 e. The molecule has 2 bridgehead atoms. The van der Waals surface area contributed by atoms with Crippen LogP contribution in [-0.4, -0.2) is 79.9 Å². The maximum Gasteiger partial charge on any atom is 2.00 e. The molecule has 0 spiro atoms. The van der Waals surface area contributed by atoms with Crippen molar-refractivity contribution in [2.75, 3.05) is 60.0 Å². The molecule has 3 rings (SSSR count). The Kier molecular flexibility index (Phi) is 4.56. The zero-order chi connectivity index (χ0) is 11.1. The van der Waals surface area contributed by atoms with Gasteiger partial charge in [0.2, 0.25) is 0 Å². The molecule has 0 aliphatic carbocycles. The third-order valence-corrected chi connectivity index (χ3v) is 4.74. The first-order chi connectivity index (χ1) is 6.98. The van der Waals surface area contributed by atoms with Crippen LogP contribution in [0, 0.1) is 0 Å². The van der Waals surface area contributed by atoms with E-state index in [1.165, 1.54) is 54.9 Å². The van der Waals surface area contributed by atoms with Gasteiger partial charge in [0, 0.05) is 0 Å². The van der Waals surface area contributed by atoms with Crippen molar-refractivity contribution in [1.82, 2.24) is 4.90 Å². The summed E-state index contributed by atoms with van der Waals surface area (Å²) >= 11 is 0. The van der Waals surface area contributed by atoms with Gasteiger partial charge < -0.3 is 4.48 Å². The number of quaternary nitrogens is 2. The molecule has 3 nitrogen and oxygen atoms in total.